The van der Waals surface area contributed by atoms with Crippen LogP contribution in [0.4, 0.5) is 8.63 Å². The zero-order valence-electron chi connectivity index (χ0n) is 26.5. The number of hydrogen-bond donors (Lipinski definition) is 0. The SMILES string of the molecule is COc1ccccc1C1=CC2=C(c3ccccc3)c3cc(-c4ccccc4OC)c(-c4ccccc4)n3[B-](F)(F)[N+]2=C1c1ccccc1. The molecule has 2 aliphatic heterocycles. The van der Waals surface area contributed by atoms with Gasteiger partial charge in [-0.05, 0) is 41.5 Å². The van der Waals surface area contributed by atoms with Gasteiger partial charge in [-0.3, -0.25) is 0 Å². The Kier molecular flexibility index (Phi) is 7.18. The molecule has 8 rings (SSSR count). The molecule has 0 bridgehead atoms. The smallest absolute Gasteiger partial charge is 0.496 e. The van der Waals surface area contributed by atoms with Crippen LogP contribution in [-0.2, 0) is 0 Å². The van der Waals surface area contributed by atoms with Crippen molar-refractivity contribution in [3.63, 3.8) is 0 Å². The van der Waals surface area contributed by atoms with Crippen molar-refractivity contribution >= 4 is 23.8 Å². The number of para-hydroxylation sites is 2. The molecule has 2 aliphatic rings. The zero-order chi connectivity index (χ0) is 32.8. The minimum atomic E-state index is -4.47. The van der Waals surface area contributed by atoms with Crippen molar-refractivity contribution in [1.82, 2.24) is 4.48 Å². The van der Waals surface area contributed by atoms with Gasteiger partial charge in [-0.15, -0.1) is 0 Å². The van der Waals surface area contributed by atoms with Crippen LogP contribution in [0.25, 0.3) is 33.5 Å². The standard InChI is InChI=1S/C41H31BF2N2O2/c1-47-37-24-14-12-22-31(37)33-26-35-39(28-16-6-3-7-17-28)36-27-34(32-23-13-15-25-38(32)48-2)41(30-20-10-5-11-21-30)46(36)42(43,44)45(35)40(33)29-18-8-4-9-19-29/h3-27H,1-2H3. The summed E-state index contributed by atoms with van der Waals surface area (Å²) in [5.74, 6) is 1.22. The molecule has 0 radical (unpaired) electrons. The molecule has 0 unspecified atom stereocenters. The Hall–Kier alpha value is -5.95. The minimum Gasteiger partial charge on any atom is -0.496 e. The van der Waals surface area contributed by atoms with Gasteiger partial charge in [0.2, 0.25) is 0 Å². The summed E-state index contributed by atoms with van der Waals surface area (Å²) in [5, 5.41) is 0. The highest BCUT2D eigenvalue weighted by Crippen LogP contribution is 2.50. The Bertz CT molecular complexity index is 2270. The summed E-state index contributed by atoms with van der Waals surface area (Å²) in [4.78, 5) is 0. The van der Waals surface area contributed by atoms with Gasteiger partial charge in [0, 0.05) is 39.7 Å². The molecule has 0 atom stereocenters. The largest absolute Gasteiger partial charge is 0.737 e. The van der Waals surface area contributed by atoms with Gasteiger partial charge in [-0.2, -0.15) is 0 Å². The van der Waals surface area contributed by atoms with Gasteiger partial charge in [-0.1, -0.05) is 115 Å². The Labute approximate surface area is 278 Å². The lowest BCUT2D eigenvalue weighted by molar-refractivity contribution is -0.360. The van der Waals surface area contributed by atoms with E-state index >= 15 is 8.63 Å². The van der Waals surface area contributed by atoms with Crippen LogP contribution in [0.3, 0.4) is 0 Å². The third kappa shape index (κ3) is 4.54. The predicted octanol–water partition coefficient (Wildman–Crippen LogP) is 9.43. The first kappa shape index (κ1) is 29.5. The van der Waals surface area contributed by atoms with Crippen LogP contribution in [0.15, 0.2) is 157 Å². The van der Waals surface area contributed by atoms with Crippen molar-refractivity contribution in [1.29, 1.82) is 0 Å². The van der Waals surface area contributed by atoms with Crippen molar-refractivity contribution in [3.8, 4) is 33.9 Å². The number of aromatic nitrogens is 1. The van der Waals surface area contributed by atoms with Crippen molar-refractivity contribution in [2.45, 2.75) is 0 Å². The minimum absolute atomic E-state index is 0.422. The van der Waals surface area contributed by atoms with Crippen LogP contribution in [0.5, 0.6) is 11.5 Å². The summed E-state index contributed by atoms with van der Waals surface area (Å²) in [7, 11) is 3.21. The van der Waals surface area contributed by atoms with Crippen LogP contribution < -0.4 is 9.47 Å². The molecule has 3 heterocycles. The van der Waals surface area contributed by atoms with E-state index in [1.54, 1.807) is 14.2 Å². The van der Waals surface area contributed by atoms with E-state index in [2.05, 4.69) is 0 Å². The fraction of sp³-hybridized carbons (Fsp3) is 0.0488. The van der Waals surface area contributed by atoms with E-state index in [1.807, 2.05) is 152 Å². The Balaban J connectivity index is 1.56. The Morgan fingerprint density at radius 2 is 1.06 bits per heavy atom. The number of hydrogen-bond acceptors (Lipinski definition) is 2. The summed E-state index contributed by atoms with van der Waals surface area (Å²) in [5.41, 5.74) is 7.42. The molecule has 0 N–H and O–H groups in total. The monoisotopic (exact) mass is 632 g/mol. The van der Waals surface area contributed by atoms with Gasteiger partial charge < -0.3 is 27.1 Å². The lowest BCUT2D eigenvalue weighted by Crippen LogP contribution is -2.51. The molecule has 5 aromatic carbocycles. The summed E-state index contributed by atoms with van der Waals surface area (Å²) in [6, 6.07) is 45.7. The number of methoxy groups -OCH3 is 2. The van der Waals surface area contributed by atoms with Gasteiger partial charge in [0.05, 0.1) is 25.4 Å². The average Bonchev–Trinajstić information content (AvgIpc) is 3.74. The predicted molar refractivity (Wildman–Crippen MR) is 189 cm³/mol. The maximum Gasteiger partial charge on any atom is 0.737 e. The molecular formula is C41H31BF2N2O2. The highest BCUT2D eigenvalue weighted by atomic mass is 19.2. The van der Waals surface area contributed by atoms with Crippen molar-refractivity contribution in [2.24, 2.45) is 0 Å². The fourth-order valence-corrected chi connectivity index (χ4v) is 7.15. The topological polar surface area (TPSA) is 26.4 Å². The maximum absolute atomic E-state index is 18.1. The highest BCUT2D eigenvalue weighted by molar-refractivity contribution is 6.60. The van der Waals surface area contributed by atoms with Gasteiger partial charge in [-0.25, -0.2) is 0 Å². The van der Waals surface area contributed by atoms with Crippen LogP contribution in [0.1, 0.15) is 22.4 Å². The number of benzene rings is 5. The third-order valence-electron chi connectivity index (χ3n) is 9.16. The highest BCUT2D eigenvalue weighted by Gasteiger charge is 2.57. The summed E-state index contributed by atoms with van der Waals surface area (Å²) in [6.07, 6.45) is 1.90. The second-order valence-corrected chi connectivity index (χ2v) is 11.8. The normalized spacial score (nSPS) is 14.8. The Morgan fingerprint density at radius 3 is 1.67 bits per heavy atom. The Morgan fingerprint density at radius 1 is 0.562 bits per heavy atom. The molecule has 0 saturated carbocycles. The van der Waals surface area contributed by atoms with Crippen LogP contribution in [0, 0.1) is 0 Å². The second-order valence-electron chi connectivity index (χ2n) is 11.8. The molecule has 0 saturated heterocycles. The van der Waals surface area contributed by atoms with Crippen LogP contribution >= 0.6 is 0 Å². The summed E-state index contributed by atoms with van der Waals surface area (Å²) < 4.78 is 50.3. The molecule has 4 nitrogen and oxygen atoms in total. The first-order chi connectivity index (χ1) is 23.5. The summed E-state index contributed by atoms with van der Waals surface area (Å²) in [6.45, 7) is -4.47. The van der Waals surface area contributed by atoms with Crippen molar-refractivity contribution in [3.05, 3.63) is 180 Å². The summed E-state index contributed by atoms with van der Waals surface area (Å²) >= 11 is 0. The van der Waals surface area contributed by atoms with Crippen LogP contribution in [-0.4, -0.2) is 35.9 Å². The molecular weight excluding hydrogens is 601 g/mol. The number of fused-ring (bicyclic) bond motifs is 2. The van der Waals surface area contributed by atoms with Gasteiger partial charge in [0.1, 0.15) is 11.5 Å². The number of halogens is 2. The molecule has 234 valence electrons. The quantitative estimate of drug-likeness (QED) is 0.164. The number of allylic oxidation sites excluding steroid dienone is 2. The maximum atomic E-state index is 18.1. The number of ether oxygens (including phenoxy) is 2. The van der Waals surface area contributed by atoms with Crippen LogP contribution in [0.2, 0.25) is 0 Å². The first-order valence-electron chi connectivity index (χ1n) is 15.9. The fourth-order valence-electron chi connectivity index (χ4n) is 7.15. The third-order valence-corrected chi connectivity index (χ3v) is 9.16. The molecule has 0 fully saturated rings. The van der Waals surface area contributed by atoms with Gasteiger partial charge in [0.25, 0.3) is 0 Å². The molecule has 6 aromatic rings. The van der Waals surface area contributed by atoms with Crippen molar-refractivity contribution in [2.75, 3.05) is 14.2 Å². The number of rotatable bonds is 7. The number of nitrogens with zero attached hydrogens (tertiary/aromatic N) is 2. The van der Waals surface area contributed by atoms with E-state index in [0.717, 1.165) is 16.7 Å². The first-order valence-corrected chi connectivity index (χ1v) is 15.9. The second kappa shape index (κ2) is 11.7. The van der Waals surface area contributed by atoms with Gasteiger partial charge >= 0.3 is 6.97 Å². The van der Waals surface area contributed by atoms with E-state index in [0.29, 0.717) is 62.1 Å². The van der Waals surface area contributed by atoms with E-state index < -0.39 is 6.97 Å². The van der Waals surface area contributed by atoms with Gasteiger partial charge in [0.15, 0.2) is 11.4 Å². The molecule has 48 heavy (non-hydrogen) atoms. The average molecular weight is 633 g/mol. The van der Waals surface area contributed by atoms with Crippen molar-refractivity contribution < 1.29 is 22.6 Å². The molecule has 0 aliphatic carbocycles. The van der Waals surface area contributed by atoms with E-state index in [4.69, 9.17) is 9.47 Å². The molecule has 0 amide bonds. The lowest BCUT2D eigenvalue weighted by Gasteiger charge is -2.34. The zero-order valence-corrected chi connectivity index (χ0v) is 26.5. The molecule has 1 aromatic heterocycles. The molecule has 0 spiro atoms. The lowest BCUT2D eigenvalue weighted by atomic mass is 9.85. The van der Waals surface area contributed by atoms with E-state index in [9.17, 15) is 0 Å². The van der Waals surface area contributed by atoms with E-state index in [1.165, 1.54) is 8.96 Å². The molecule has 7 heteroatoms. The van der Waals surface area contributed by atoms with E-state index in [-0.39, 0.29) is 0 Å².